The highest BCUT2D eigenvalue weighted by atomic mass is 16.3. The molecule has 9 heavy (non-hydrogen) atoms. The van der Waals surface area contributed by atoms with E-state index in [9.17, 15) is 0 Å². The Bertz CT molecular complexity index is 63.3. The highest BCUT2D eigenvalue weighted by molar-refractivity contribution is 4.57. The van der Waals surface area contributed by atoms with Gasteiger partial charge in [0.1, 0.15) is 0 Å². The summed E-state index contributed by atoms with van der Waals surface area (Å²) in [5.41, 5.74) is 0. The largest absolute Gasteiger partial charge is 0.396 e. The Labute approximate surface area is 54.9 Å². The first-order valence-electron chi connectivity index (χ1n) is 3.13. The molecule has 0 fully saturated rings. The van der Waals surface area contributed by atoms with Gasteiger partial charge in [0.2, 0.25) is 0 Å². The molecule has 0 bridgehead atoms. The molecule has 3 N–H and O–H groups in total. The first kappa shape index (κ1) is 8.88. The van der Waals surface area contributed by atoms with Crippen LogP contribution in [0.2, 0.25) is 0 Å². The summed E-state index contributed by atoms with van der Waals surface area (Å²) in [6.45, 7) is 1.59. The molecule has 0 radical (unpaired) electrons. The minimum Gasteiger partial charge on any atom is -0.396 e. The minimum absolute atomic E-state index is 0.0200. The number of hydrogen-bond donors (Lipinski definition) is 3. The summed E-state index contributed by atoms with van der Waals surface area (Å²) in [6.07, 6.45) is -0.340. The summed E-state index contributed by atoms with van der Waals surface area (Å²) < 4.78 is 0. The van der Waals surface area contributed by atoms with E-state index < -0.39 is 12.2 Å². The molecule has 0 aliphatic carbocycles. The molecule has 0 saturated carbocycles. The number of rotatable bonds is 4. The second-order valence-corrected chi connectivity index (χ2v) is 2.25. The van der Waals surface area contributed by atoms with Crippen LogP contribution in [0.15, 0.2) is 0 Å². The lowest BCUT2D eigenvalue weighted by molar-refractivity contribution is 0.0722. The Morgan fingerprint density at radius 3 is 2.22 bits per heavy atom. The lowest BCUT2D eigenvalue weighted by Crippen LogP contribution is -2.15. The van der Waals surface area contributed by atoms with Gasteiger partial charge in [0.25, 0.3) is 0 Å². The highest BCUT2D eigenvalue weighted by Gasteiger charge is 2.05. The second-order valence-electron chi connectivity index (χ2n) is 2.25. The van der Waals surface area contributed by atoms with Crippen molar-refractivity contribution >= 4 is 0 Å². The van der Waals surface area contributed by atoms with E-state index in [1.165, 1.54) is 0 Å². The molecule has 0 heterocycles. The van der Waals surface area contributed by atoms with Crippen LogP contribution in [0.1, 0.15) is 19.8 Å². The van der Waals surface area contributed by atoms with Crippen molar-refractivity contribution in [2.45, 2.75) is 32.0 Å². The average Bonchev–Trinajstić information content (AvgIpc) is 1.63. The number of aliphatic hydroxyl groups is 3. The van der Waals surface area contributed by atoms with Crippen molar-refractivity contribution in [1.29, 1.82) is 0 Å². The van der Waals surface area contributed by atoms with Gasteiger partial charge in [-0.2, -0.15) is 0 Å². The van der Waals surface area contributed by atoms with E-state index in [0.29, 0.717) is 12.8 Å². The molecule has 0 aliphatic heterocycles. The smallest absolute Gasteiger partial charge is 0.0586 e. The SMILES string of the molecule is C[C@@H](O)C[C@@H](O)CCO. The predicted octanol–water partition coefficient (Wildman–Crippen LogP) is -0.499. The molecule has 0 aromatic rings. The molecular weight excluding hydrogens is 120 g/mol. The van der Waals surface area contributed by atoms with E-state index >= 15 is 0 Å². The molecule has 3 heteroatoms. The van der Waals surface area contributed by atoms with Gasteiger partial charge >= 0.3 is 0 Å². The van der Waals surface area contributed by atoms with Crippen LogP contribution in [-0.4, -0.2) is 34.1 Å². The van der Waals surface area contributed by atoms with Gasteiger partial charge in [0, 0.05) is 6.61 Å². The van der Waals surface area contributed by atoms with Gasteiger partial charge in [0.05, 0.1) is 12.2 Å². The first-order valence-corrected chi connectivity index (χ1v) is 3.13. The Hall–Kier alpha value is -0.120. The minimum atomic E-state index is -0.560. The molecule has 0 aromatic carbocycles. The van der Waals surface area contributed by atoms with E-state index in [4.69, 9.17) is 15.3 Å². The van der Waals surface area contributed by atoms with Crippen LogP contribution in [0.4, 0.5) is 0 Å². The van der Waals surface area contributed by atoms with Crippen molar-refractivity contribution in [2.24, 2.45) is 0 Å². The maximum absolute atomic E-state index is 8.90. The Balaban J connectivity index is 3.15. The molecule has 3 nitrogen and oxygen atoms in total. The van der Waals surface area contributed by atoms with Gasteiger partial charge in [-0.05, 0) is 19.8 Å². The summed E-state index contributed by atoms with van der Waals surface area (Å²) in [6, 6.07) is 0. The average molecular weight is 134 g/mol. The van der Waals surface area contributed by atoms with Crippen molar-refractivity contribution in [2.75, 3.05) is 6.61 Å². The summed E-state index contributed by atoms with van der Waals surface area (Å²) >= 11 is 0. The van der Waals surface area contributed by atoms with Crippen LogP contribution < -0.4 is 0 Å². The van der Waals surface area contributed by atoms with Crippen LogP contribution in [0.25, 0.3) is 0 Å². The van der Waals surface area contributed by atoms with Gasteiger partial charge in [0.15, 0.2) is 0 Å². The topological polar surface area (TPSA) is 60.7 Å². The van der Waals surface area contributed by atoms with E-state index in [-0.39, 0.29) is 6.61 Å². The molecular formula is C6H14O3. The molecule has 0 rings (SSSR count). The van der Waals surface area contributed by atoms with Gasteiger partial charge in [-0.1, -0.05) is 0 Å². The summed E-state index contributed by atoms with van der Waals surface area (Å²) in [4.78, 5) is 0. The fourth-order valence-corrected chi connectivity index (χ4v) is 0.661. The van der Waals surface area contributed by atoms with Gasteiger partial charge in [-0.3, -0.25) is 0 Å². The van der Waals surface area contributed by atoms with Crippen LogP contribution in [0, 0.1) is 0 Å². The van der Waals surface area contributed by atoms with Crippen molar-refractivity contribution in [3.63, 3.8) is 0 Å². The maximum atomic E-state index is 8.90. The molecule has 0 aliphatic rings. The highest BCUT2D eigenvalue weighted by Crippen LogP contribution is 2.00. The van der Waals surface area contributed by atoms with Gasteiger partial charge < -0.3 is 15.3 Å². The zero-order chi connectivity index (χ0) is 7.28. The Morgan fingerprint density at radius 2 is 1.89 bits per heavy atom. The van der Waals surface area contributed by atoms with Gasteiger partial charge in [-0.25, -0.2) is 0 Å². The second kappa shape index (κ2) is 4.73. The van der Waals surface area contributed by atoms with Crippen molar-refractivity contribution in [1.82, 2.24) is 0 Å². The predicted molar refractivity (Wildman–Crippen MR) is 34.0 cm³/mol. The lowest BCUT2D eigenvalue weighted by atomic mass is 10.1. The quantitative estimate of drug-likeness (QED) is 0.486. The monoisotopic (exact) mass is 134 g/mol. The van der Waals surface area contributed by atoms with Crippen LogP contribution in [0.3, 0.4) is 0 Å². The lowest BCUT2D eigenvalue weighted by Gasteiger charge is -2.09. The van der Waals surface area contributed by atoms with E-state index in [1.54, 1.807) is 6.92 Å². The Morgan fingerprint density at radius 1 is 1.33 bits per heavy atom. The zero-order valence-electron chi connectivity index (χ0n) is 5.62. The molecule has 0 aromatic heterocycles. The number of aliphatic hydroxyl groups excluding tert-OH is 3. The van der Waals surface area contributed by atoms with Gasteiger partial charge in [-0.15, -0.1) is 0 Å². The third-order valence-corrected chi connectivity index (χ3v) is 1.08. The number of hydrogen-bond acceptors (Lipinski definition) is 3. The normalized spacial score (nSPS) is 17.3. The molecule has 0 amide bonds. The van der Waals surface area contributed by atoms with E-state index in [2.05, 4.69) is 0 Å². The van der Waals surface area contributed by atoms with Crippen molar-refractivity contribution < 1.29 is 15.3 Å². The summed E-state index contributed by atoms with van der Waals surface area (Å²) in [7, 11) is 0. The molecule has 2 atom stereocenters. The van der Waals surface area contributed by atoms with Crippen LogP contribution >= 0.6 is 0 Å². The zero-order valence-corrected chi connectivity index (χ0v) is 5.62. The van der Waals surface area contributed by atoms with Crippen LogP contribution in [0.5, 0.6) is 0 Å². The van der Waals surface area contributed by atoms with Crippen molar-refractivity contribution in [3.05, 3.63) is 0 Å². The maximum Gasteiger partial charge on any atom is 0.0586 e. The van der Waals surface area contributed by atoms with Crippen LogP contribution in [-0.2, 0) is 0 Å². The van der Waals surface area contributed by atoms with E-state index in [1.807, 2.05) is 0 Å². The first-order chi connectivity index (χ1) is 4.16. The standard InChI is InChI=1S/C6H14O3/c1-5(8)4-6(9)2-3-7/h5-9H,2-4H2,1H3/t5-,6+/m1/s1. The summed E-state index contributed by atoms with van der Waals surface area (Å²) in [5, 5.41) is 25.9. The third-order valence-electron chi connectivity index (χ3n) is 1.08. The molecule has 0 spiro atoms. The van der Waals surface area contributed by atoms with E-state index in [0.717, 1.165) is 0 Å². The van der Waals surface area contributed by atoms with Crippen molar-refractivity contribution in [3.8, 4) is 0 Å². The Kier molecular flexibility index (Phi) is 4.67. The fourth-order valence-electron chi connectivity index (χ4n) is 0.661. The third kappa shape index (κ3) is 5.76. The fraction of sp³-hybridized carbons (Fsp3) is 1.00. The molecule has 0 unspecified atom stereocenters. The molecule has 0 saturated heterocycles. The summed E-state index contributed by atoms with van der Waals surface area (Å²) in [5.74, 6) is 0. The molecule has 56 valence electrons.